The molecule has 0 aliphatic carbocycles. The van der Waals surface area contributed by atoms with E-state index in [4.69, 9.17) is 0 Å². The van der Waals surface area contributed by atoms with Gasteiger partial charge in [0, 0.05) is 116 Å². The Bertz CT molecular complexity index is 9890. The van der Waals surface area contributed by atoms with Crippen molar-refractivity contribution in [3.05, 3.63) is 503 Å². The molecule has 0 aliphatic rings. The van der Waals surface area contributed by atoms with Crippen molar-refractivity contribution in [2.75, 3.05) is 14.7 Å². The van der Waals surface area contributed by atoms with Gasteiger partial charge in [0.1, 0.15) is 0 Å². The molecule has 26 aromatic carbocycles. The molecule has 0 fully saturated rings. The highest BCUT2D eigenvalue weighted by atomic mass is 32.1. The molecule has 6 heteroatoms. The summed E-state index contributed by atoms with van der Waals surface area (Å²) in [7, 11) is 0. The van der Waals surface area contributed by atoms with Crippen molar-refractivity contribution in [2.24, 2.45) is 0 Å². The summed E-state index contributed by atoms with van der Waals surface area (Å²) in [4.78, 5) is 7.29. The highest BCUT2D eigenvalue weighted by Crippen LogP contribution is 2.56. The number of nitrogens with zero attached hydrogens (tertiary/aromatic N) is 3. The van der Waals surface area contributed by atoms with E-state index in [2.05, 4.69) is 534 Å². The van der Waals surface area contributed by atoms with Crippen molar-refractivity contribution in [3.63, 3.8) is 0 Å². The summed E-state index contributed by atoms with van der Waals surface area (Å²) in [5.41, 5.74) is 18.0. The maximum absolute atomic E-state index is 2.47. The van der Waals surface area contributed by atoms with E-state index >= 15 is 0 Å². The predicted molar refractivity (Wildman–Crippen MR) is 631 cm³/mol. The minimum atomic E-state index is 0.485. The molecule has 3 nitrogen and oxygen atoms in total. The minimum absolute atomic E-state index is 0.485. The molecule has 0 radical (unpaired) electrons. The molecule has 0 saturated heterocycles. The van der Waals surface area contributed by atoms with Gasteiger partial charge in [0.15, 0.2) is 0 Å². The topological polar surface area (TPSA) is 9.72 Å². The fourth-order valence-corrected chi connectivity index (χ4v) is 26.7. The number of para-hydroxylation sites is 2. The number of fused-ring (bicyclic) bond motifs is 35. The first-order valence-corrected chi connectivity index (χ1v) is 52.4. The zero-order valence-corrected chi connectivity index (χ0v) is 82.4. The van der Waals surface area contributed by atoms with Crippen LogP contribution in [0.1, 0.15) is 50.7 Å². The first-order valence-electron chi connectivity index (χ1n) is 50.0. The third kappa shape index (κ3) is 14.5. The number of hydrogen-bond donors (Lipinski definition) is 0. The van der Waals surface area contributed by atoms with E-state index in [0.29, 0.717) is 11.8 Å². The molecule has 3 aromatic heterocycles. The summed E-state index contributed by atoms with van der Waals surface area (Å²) in [6.07, 6.45) is 0. The van der Waals surface area contributed by atoms with Gasteiger partial charge in [-0.05, 0) is 262 Å². The van der Waals surface area contributed by atoms with Gasteiger partial charge in [0.2, 0.25) is 0 Å². The Labute approximate surface area is 847 Å². The lowest BCUT2D eigenvalue weighted by Gasteiger charge is -2.28. The van der Waals surface area contributed by atoms with Crippen LogP contribution in [-0.4, -0.2) is 0 Å². The standard InChI is InChI=1S/C52H33NS.C46H37NS.C40H25NS/c1-3-13-34(14-4-1)36-23-27-38(28-24-36)53(39-29-25-37(26-30-39)35-15-5-2-6-16-35)48-33-49-50(45-22-12-10-20-43(45)48)47-32-31-46-42-19-8-7-17-40(42)41-18-9-11-21-44(41)51(46)52(47)54-49;1-28(2)30-17-21-32(22-18-30)47(33-23-19-31(20-24-33)29(3)4)43-27-45-46(39-16-10-9-15-38(39)43)42-25-40-36-13-7-5-11-34(36)35-12-6-8-14-37(35)41(40)26-44(42)48-45;1-3-13-26(14-4-1)41(27-15-5-2-6-16-27)35-25-37-39(33-22-12-10-20-31(33)35)40-36(42-37)24-23-34-30-19-8-7-17-28(30)29-18-9-11-21-32(29)38(34)40/h1-33H;5-29H,1-4H3;1-25H. The van der Waals surface area contributed by atoms with Crippen molar-refractivity contribution in [3.8, 4) is 22.3 Å². The van der Waals surface area contributed by atoms with Crippen LogP contribution in [-0.2, 0) is 0 Å². The fraction of sp³-hybridized carbons (Fsp3) is 0.0435. The average molecular weight is 1890 g/mol. The van der Waals surface area contributed by atoms with Crippen molar-refractivity contribution >= 4 is 275 Å². The Kier molecular flexibility index (Phi) is 21.3. The largest absolute Gasteiger partial charge is 0.310 e. The molecular weight excluding hydrogens is 1800 g/mol. The molecule has 0 aliphatic heterocycles. The van der Waals surface area contributed by atoms with E-state index < -0.39 is 0 Å². The zero-order valence-electron chi connectivity index (χ0n) is 80.0. The summed E-state index contributed by atoms with van der Waals surface area (Å²) in [5, 5.41) is 39.4. The third-order valence-electron chi connectivity index (χ3n) is 29.8. The van der Waals surface area contributed by atoms with Crippen LogP contribution in [0.5, 0.6) is 0 Å². The Morgan fingerprint density at radius 2 is 0.396 bits per heavy atom. The van der Waals surface area contributed by atoms with Crippen molar-refractivity contribution in [2.45, 2.75) is 39.5 Å². The van der Waals surface area contributed by atoms with E-state index in [1.165, 1.54) is 252 Å². The molecule has 3 heterocycles. The van der Waals surface area contributed by atoms with Crippen LogP contribution in [0, 0.1) is 0 Å². The second-order valence-corrected chi connectivity index (χ2v) is 41.9. The fourth-order valence-electron chi connectivity index (χ4n) is 23.1. The molecule has 0 spiro atoms. The molecule has 29 aromatic rings. The van der Waals surface area contributed by atoms with Gasteiger partial charge >= 0.3 is 0 Å². The molecule has 0 unspecified atom stereocenters. The van der Waals surface area contributed by atoms with Crippen LogP contribution >= 0.6 is 34.0 Å². The number of rotatable bonds is 13. The van der Waals surface area contributed by atoms with E-state index in [-0.39, 0.29) is 0 Å². The summed E-state index contributed by atoms with van der Waals surface area (Å²) in [5.74, 6) is 0.969. The lowest BCUT2D eigenvalue weighted by Crippen LogP contribution is -2.11. The summed E-state index contributed by atoms with van der Waals surface area (Å²) < 4.78 is 7.90. The van der Waals surface area contributed by atoms with Gasteiger partial charge < -0.3 is 14.7 Å². The lowest BCUT2D eigenvalue weighted by atomic mass is 9.91. The Hall–Kier alpha value is -17.1. The Morgan fingerprint density at radius 1 is 0.146 bits per heavy atom. The highest BCUT2D eigenvalue weighted by molar-refractivity contribution is 7.27. The third-order valence-corrected chi connectivity index (χ3v) is 33.2. The molecular formula is C138H95N3S3. The second kappa shape index (κ2) is 35.6. The van der Waals surface area contributed by atoms with Gasteiger partial charge in [-0.1, -0.05) is 410 Å². The van der Waals surface area contributed by atoms with Crippen molar-refractivity contribution in [1.82, 2.24) is 0 Å². The minimum Gasteiger partial charge on any atom is -0.310 e. The van der Waals surface area contributed by atoms with Gasteiger partial charge in [-0.3, -0.25) is 0 Å². The number of anilines is 9. The number of benzene rings is 26. The first kappa shape index (κ1) is 86.0. The second-order valence-electron chi connectivity index (χ2n) is 38.6. The van der Waals surface area contributed by atoms with Crippen molar-refractivity contribution < 1.29 is 0 Å². The van der Waals surface area contributed by atoms with Crippen LogP contribution in [0.4, 0.5) is 51.2 Å². The van der Waals surface area contributed by atoms with Gasteiger partial charge in [-0.2, -0.15) is 0 Å². The van der Waals surface area contributed by atoms with Crippen LogP contribution in [0.2, 0.25) is 0 Å². The zero-order chi connectivity index (χ0) is 95.7. The monoisotopic (exact) mass is 1890 g/mol. The predicted octanol–water partition coefficient (Wildman–Crippen LogP) is 42.0. The van der Waals surface area contributed by atoms with Crippen LogP contribution in [0.15, 0.2) is 491 Å². The summed E-state index contributed by atoms with van der Waals surface area (Å²) in [6, 6.07) is 181. The highest BCUT2D eigenvalue weighted by Gasteiger charge is 2.28. The van der Waals surface area contributed by atoms with Crippen LogP contribution < -0.4 is 14.7 Å². The number of thiophene rings is 3. The molecule has 144 heavy (non-hydrogen) atoms. The average Bonchev–Trinajstić information content (AvgIpc) is 1.52. The maximum Gasteiger partial charge on any atom is 0.0554 e. The Morgan fingerprint density at radius 3 is 0.785 bits per heavy atom. The van der Waals surface area contributed by atoms with E-state index in [1.807, 2.05) is 34.0 Å². The van der Waals surface area contributed by atoms with E-state index in [0.717, 1.165) is 22.7 Å². The molecule has 29 rings (SSSR count). The van der Waals surface area contributed by atoms with E-state index in [1.54, 1.807) is 0 Å². The van der Waals surface area contributed by atoms with Crippen LogP contribution in [0.3, 0.4) is 0 Å². The normalized spacial score (nSPS) is 11.9. The first-order chi connectivity index (χ1) is 71.1. The van der Waals surface area contributed by atoms with Gasteiger partial charge in [0.05, 0.1) is 17.1 Å². The van der Waals surface area contributed by atoms with Gasteiger partial charge in [0.25, 0.3) is 0 Å². The molecule has 0 saturated carbocycles. The quantitative estimate of drug-likeness (QED) is 0.107. The number of hydrogen-bond acceptors (Lipinski definition) is 6. The van der Waals surface area contributed by atoms with Crippen LogP contribution in [0.25, 0.3) is 212 Å². The Balaban J connectivity index is 0.000000108. The van der Waals surface area contributed by atoms with Gasteiger partial charge in [-0.25, -0.2) is 0 Å². The SMILES string of the molecule is CC(C)c1ccc(N(c2ccc(C(C)C)cc2)c2cc3sc4cc5c6ccccc6c6ccccc6c5cc4c3c3ccccc23)cc1.c1ccc(-c2ccc(N(c3ccc(-c4ccccc4)cc3)c3cc4sc5c(ccc6c7ccccc7c7ccccc7c65)c4c4ccccc34)cc2)cc1.c1ccc(N(c2ccccc2)c2cc3sc4ccc5c6ccccc6c6ccccc6c5c4c3c3ccccc23)cc1. The molecule has 0 amide bonds. The molecule has 0 N–H and O–H groups in total. The molecule has 0 bridgehead atoms. The summed E-state index contributed by atoms with van der Waals surface area (Å²) >= 11 is 5.74. The smallest absolute Gasteiger partial charge is 0.0554 e. The van der Waals surface area contributed by atoms with Crippen molar-refractivity contribution in [1.29, 1.82) is 0 Å². The maximum atomic E-state index is 2.47. The molecule has 680 valence electrons. The van der Waals surface area contributed by atoms with E-state index in [9.17, 15) is 0 Å². The summed E-state index contributed by atoms with van der Waals surface area (Å²) in [6.45, 7) is 9.04. The van der Waals surface area contributed by atoms with Gasteiger partial charge in [-0.15, -0.1) is 34.0 Å². The molecule has 0 atom stereocenters. The lowest BCUT2D eigenvalue weighted by molar-refractivity contribution is 0.866.